The fraction of sp³-hybridized carbons (Fsp3) is 0.846. The minimum atomic E-state index is -0.934. The molecule has 1 aliphatic rings. The Morgan fingerprint density at radius 3 is 2.40 bits per heavy atom. The predicted molar refractivity (Wildman–Crippen MR) is 70.1 cm³/mol. The molecule has 20 heavy (non-hydrogen) atoms. The number of amides is 1. The van der Waals surface area contributed by atoms with E-state index in [2.05, 4.69) is 10.1 Å². The number of rotatable bonds is 2. The Morgan fingerprint density at radius 2 is 1.90 bits per heavy atom. The molecule has 7 nitrogen and oxygen atoms in total. The van der Waals surface area contributed by atoms with Crippen LogP contribution in [-0.4, -0.2) is 49.3 Å². The second-order valence-corrected chi connectivity index (χ2v) is 6.03. The first-order chi connectivity index (χ1) is 9.04. The highest BCUT2D eigenvalue weighted by atomic mass is 16.7. The Kier molecular flexibility index (Phi) is 4.99. The summed E-state index contributed by atoms with van der Waals surface area (Å²) in [6.07, 6.45) is -1.57. The van der Waals surface area contributed by atoms with Gasteiger partial charge < -0.3 is 24.3 Å². The van der Waals surface area contributed by atoms with Gasteiger partial charge in [-0.15, -0.1) is 0 Å². The molecule has 116 valence electrons. The number of nitrogens with one attached hydrogen (secondary N) is 1. The van der Waals surface area contributed by atoms with Gasteiger partial charge in [-0.2, -0.15) is 0 Å². The Bertz CT molecular complexity index is 374. The van der Waals surface area contributed by atoms with Crippen molar-refractivity contribution >= 4 is 12.1 Å². The quantitative estimate of drug-likeness (QED) is 0.769. The van der Waals surface area contributed by atoms with Gasteiger partial charge in [0.05, 0.1) is 19.8 Å². The van der Waals surface area contributed by atoms with Crippen LogP contribution in [-0.2, 0) is 23.7 Å². The van der Waals surface area contributed by atoms with Crippen LogP contribution in [0.2, 0.25) is 0 Å². The summed E-state index contributed by atoms with van der Waals surface area (Å²) < 4.78 is 20.8. The molecule has 0 spiro atoms. The van der Waals surface area contributed by atoms with E-state index in [-0.39, 0.29) is 6.61 Å². The van der Waals surface area contributed by atoms with E-state index in [1.165, 1.54) is 7.11 Å². The number of methoxy groups -OCH3 is 1. The molecule has 1 heterocycles. The van der Waals surface area contributed by atoms with E-state index in [4.69, 9.17) is 14.2 Å². The van der Waals surface area contributed by atoms with Gasteiger partial charge in [-0.1, -0.05) is 0 Å². The summed E-state index contributed by atoms with van der Waals surface area (Å²) in [4.78, 5) is 23.5. The van der Waals surface area contributed by atoms with E-state index >= 15 is 0 Å². The van der Waals surface area contributed by atoms with Crippen molar-refractivity contribution in [1.29, 1.82) is 0 Å². The Balaban J connectivity index is 2.71. The molecule has 1 fully saturated rings. The monoisotopic (exact) mass is 289 g/mol. The van der Waals surface area contributed by atoms with E-state index in [0.29, 0.717) is 0 Å². The molecule has 1 N–H and O–H groups in total. The average molecular weight is 289 g/mol. The first-order valence-corrected chi connectivity index (χ1v) is 6.43. The Labute approximate surface area is 118 Å². The lowest BCUT2D eigenvalue weighted by molar-refractivity contribution is -0.280. The minimum absolute atomic E-state index is 0.131. The van der Waals surface area contributed by atoms with Crippen LogP contribution >= 0.6 is 0 Å². The smallest absolute Gasteiger partial charge is 0.408 e. The molecule has 0 radical (unpaired) electrons. The normalized spacial score (nSPS) is 25.7. The van der Waals surface area contributed by atoms with Gasteiger partial charge >= 0.3 is 12.1 Å². The zero-order valence-corrected chi connectivity index (χ0v) is 12.8. The van der Waals surface area contributed by atoms with Crippen molar-refractivity contribution in [2.24, 2.45) is 0 Å². The van der Waals surface area contributed by atoms with Crippen LogP contribution in [0.5, 0.6) is 0 Å². The van der Waals surface area contributed by atoms with Gasteiger partial charge in [0.25, 0.3) is 0 Å². The van der Waals surface area contributed by atoms with E-state index in [9.17, 15) is 9.59 Å². The van der Waals surface area contributed by atoms with Gasteiger partial charge in [0, 0.05) is 0 Å². The van der Waals surface area contributed by atoms with Crippen LogP contribution in [0.15, 0.2) is 0 Å². The Hall–Kier alpha value is -1.34. The zero-order chi connectivity index (χ0) is 15.6. The SMILES string of the molecule is COC(=O)[C@H]1OC(C)(C)OC[C@H]1NC(=O)OC(C)(C)C. The van der Waals surface area contributed by atoms with E-state index in [1.54, 1.807) is 34.6 Å². The van der Waals surface area contributed by atoms with E-state index in [0.717, 1.165) is 0 Å². The summed E-state index contributed by atoms with van der Waals surface area (Å²) in [5.74, 6) is -1.48. The largest absolute Gasteiger partial charge is 0.467 e. The second kappa shape index (κ2) is 5.97. The number of hydrogen-bond donors (Lipinski definition) is 1. The number of ether oxygens (including phenoxy) is 4. The maximum Gasteiger partial charge on any atom is 0.408 e. The molecule has 0 aliphatic carbocycles. The van der Waals surface area contributed by atoms with Crippen molar-refractivity contribution < 1.29 is 28.5 Å². The third kappa shape index (κ3) is 4.97. The van der Waals surface area contributed by atoms with Crippen molar-refractivity contribution in [1.82, 2.24) is 5.32 Å². The number of hydrogen-bond acceptors (Lipinski definition) is 6. The molecule has 1 amide bonds. The summed E-state index contributed by atoms with van der Waals surface area (Å²) in [5, 5.41) is 2.57. The maximum atomic E-state index is 11.7. The van der Waals surface area contributed by atoms with Crippen LogP contribution in [0.4, 0.5) is 4.79 Å². The van der Waals surface area contributed by atoms with Crippen molar-refractivity contribution in [3.8, 4) is 0 Å². The number of esters is 1. The van der Waals surface area contributed by atoms with Crippen LogP contribution < -0.4 is 5.32 Å². The van der Waals surface area contributed by atoms with Gasteiger partial charge in [-0.3, -0.25) is 0 Å². The van der Waals surface area contributed by atoms with Crippen LogP contribution in [0.25, 0.3) is 0 Å². The fourth-order valence-electron chi connectivity index (χ4n) is 1.70. The molecular formula is C13H23NO6. The van der Waals surface area contributed by atoms with Crippen LogP contribution in [0.1, 0.15) is 34.6 Å². The first-order valence-electron chi connectivity index (χ1n) is 6.43. The van der Waals surface area contributed by atoms with E-state index in [1.807, 2.05) is 0 Å². The summed E-state index contributed by atoms with van der Waals surface area (Å²) >= 11 is 0. The van der Waals surface area contributed by atoms with Gasteiger partial charge in [0.2, 0.25) is 0 Å². The molecule has 0 bridgehead atoms. The average Bonchev–Trinajstić information content (AvgIpc) is 2.27. The highest BCUT2D eigenvalue weighted by Gasteiger charge is 2.42. The lowest BCUT2D eigenvalue weighted by atomic mass is 10.1. The molecular weight excluding hydrogens is 266 g/mol. The molecule has 1 saturated heterocycles. The topological polar surface area (TPSA) is 83.1 Å². The molecule has 1 aliphatic heterocycles. The molecule has 0 unspecified atom stereocenters. The molecule has 0 aromatic carbocycles. The first kappa shape index (κ1) is 16.7. The van der Waals surface area contributed by atoms with Crippen molar-refractivity contribution in [2.75, 3.05) is 13.7 Å². The Morgan fingerprint density at radius 1 is 1.30 bits per heavy atom. The predicted octanol–water partition coefficient (Wildman–Crippen LogP) is 1.20. The molecule has 1 rings (SSSR count). The standard InChI is InChI=1S/C13H23NO6/c1-12(2,3)20-11(16)14-8-7-18-13(4,5)19-9(8)10(15)17-6/h8-9H,7H2,1-6H3,(H,14,16)/t8-,9+/m1/s1. The number of carbonyl (C=O) groups excluding carboxylic acids is 2. The maximum absolute atomic E-state index is 11.7. The van der Waals surface area contributed by atoms with Crippen LogP contribution in [0, 0.1) is 0 Å². The molecule has 0 saturated carbocycles. The third-order valence-electron chi connectivity index (χ3n) is 2.52. The van der Waals surface area contributed by atoms with E-state index < -0.39 is 35.6 Å². The summed E-state index contributed by atoms with van der Waals surface area (Å²) in [7, 11) is 1.26. The lowest BCUT2D eigenvalue weighted by Gasteiger charge is -2.39. The summed E-state index contributed by atoms with van der Waals surface area (Å²) in [5.41, 5.74) is -0.625. The van der Waals surface area contributed by atoms with Gasteiger partial charge in [-0.25, -0.2) is 9.59 Å². The highest BCUT2D eigenvalue weighted by molar-refractivity contribution is 5.77. The highest BCUT2D eigenvalue weighted by Crippen LogP contribution is 2.23. The van der Waals surface area contributed by atoms with Gasteiger partial charge in [-0.05, 0) is 34.6 Å². The number of carbonyl (C=O) groups is 2. The zero-order valence-electron chi connectivity index (χ0n) is 12.8. The fourth-order valence-corrected chi connectivity index (χ4v) is 1.70. The lowest BCUT2D eigenvalue weighted by Crippen LogP contribution is -2.59. The molecule has 0 aromatic rings. The molecule has 0 aromatic heterocycles. The third-order valence-corrected chi connectivity index (χ3v) is 2.52. The van der Waals surface area contributed by atoms with Crippen molar-refractivity contribution in [3.05, 3.63) is 0 Å². The molecule has 7 heteroatoms. The van der Waals surface area contributed by atoms with Gasteiger partial charge in [0.15, 0.2) is 11.9 Å². The van der Waals surface area contributed by atoms with Crippen molar-refractivity contribution in [2.45, 2.75) is 58.2 Å². The second-order valence-electron chi connectivity index (χ2n) is 6.03. The summed E-state index contributed by atoms with van der Waals surface area (Å²) in [6, 6.07) is -0.662. The molecule has 2 atom stereocenters. The van der Waals surface area contributed by atoms with Crippen LogP contribution in [0.3, 0.4) is 0 Å². The minimum Gasteiger partial charge on any atom is -0.467 e. The van der Waals surface area contributed by atoms with Gasteiger partial charge in [0.1, 0.15) is 5.60 Å². The van der Waals surface area contributed by atoms with Crippen molar-refractivity contribution in [3.63, 3.8) is 0 Å². The summed E-state index contributed by atoms with van der Waals surface area (Å²) in [6.45, 7) is 8.76. The number of alkyl carbamates (subject to hydrolysis) is 1.